The molecule has 2 N–H and O–H groups in total. The molecule has 0 aliphatic heterocycles. The predicted molar refractivity (Wildman–Crippen MR) is 65.4 cm³/mol. The highest BCUT2D eigenvalue weighted by Crippen LogP contribution is 2.15. The number of rotatable bonds is 3. The summed E-state index contributed by atoms with van der Waals surface area (Å²) in [5.74, 6) is 1.28. The number of aromatic nitrogens is 3. The van der Waals surface area contributed by atoms with Crippen LogP contribution in [0.5, 0.6) is 0 Å². The van der Waals surface area contributed by atoms with E-state index in [9.17, 15) is 0 Å². The minimum Gasteiger partial charge on any atom is -0.384 e. The highest BCUT2D eigenvalue weighted by atomic mass is 32.1. The Morgan fingerprint density at radius 1 is 1.44 bits per heavy atom. The molecule has 0 aliphatic carbocycles. The number of hydrogen-bond acceptors (Lipinski definition) is 6. The van der Waals surface area contributed by atoms with Gasteiger partial charge in [-0.3, -0.25) is 0 Å². The molecule has 2 aromatic heterocycles. The number of anilines is 2. The van der Waals surface area contributed by atoms with Crippen LogP contribution in [0.2, 0.25) is 0 Å². The molecule has 0 saturated carbocycles. The van der Waals surface area contributed by atoms with Crippen LogP contribution in [0.4, 0.5) is 11.6 Å². The molecular weight excluding hydrogens is 222 g/mol. The van der Waals surface area contributed by atoms with Gasteiger partial charge < -0.3 is 10.6 Å². The summed E-state index contributed by atoms with van der Waals surface area (Å²) in [6, 6.07) is 1.75. The molecule has 84 valence electrons. The minimum atomic E-state index is 0.478. The van der Waals surface area contributed by atoms with Crippen molar-refractivity contribution in [2.24, 2.45) is 0 Å². The molecule has 2 rings (SSSR count). The van der Waals surface area contributed by atoms with Crippen LogP contribution in [0, 0.1) is 6.92 Å². The molecule has 0 spiro atoms. The van der Waals surface area contributed by atoms with Gasteiger partial charge in [-0.1, -0.05) is 0 Å². The van der Waals surface area contributed by atoms with Crippen LogP contribution in [0.1, 0.15) is 10.7 Å². The number of nitrogen functional groups attached to an aromatic ring is 1. The summed E-state index contributed by atoms with van der Waals surface area (Å²) >= 11 is 1.65. The van der Waals surface area contributed by atoms with Gasteiger partial charge in [-0.25, -0.2) is 15.0 Å². The van der Waals surface area contributed by atoms with Crippen LogP contribution in [0.15, 0.2) is 17.8 Å². The van der Waals surface area contributed by atoms with E-state index in [1.165, 1.54) is 6.33 Å². The van der Waals surface area contributed by atoms with Crippen LogP contribution in [-0.4, -0.2) is 22.0 Å². The lowest BCUT2D eigenvalue weighted by Gasteiger charge is -2.16. The quantitative estimate of drug-likeness (QED) is 0.872. The second kappa shape index (κ2) is 4.44. The number of thiazole rings is 1. The van der Waals surface area contributed by atoms with Crippen molar-refractivity contribution in [3.05, 3.63) is 28.5 Å². The molecule has 5 nitrogen and oxygen atoms in total. The first-order valence-corrected chi connectivity index (χ1v) is 5.73. The number of nitrogens with two attached hydrogens (primary N) is 1. The molecule has 0 aliphatic rings. The first-order valence-electron chi connectivity index (χ1n) is 4.85. The van der Waals surface area contributed by atoms with E-state index in [1.54, 1.807) is 17.4 Å². The molecule has 0 bridgehead atoms. The summed E-state index contributed by atoms with van der Waals surface area (Å²) in [5.41, 5.74) is 6.65. The maximum Gasteiger partial charge on any atom is 0.134 e. The Balaban J connectivity index is 2.11. The van der Waals surface area contributed by atoms with E-state index < -0.39 is 0 Å². The number of hydrogen-bond donors (Lipinski definition) is 1. The summed E-state index contributed by atoms with van der Waals surface area (Å²) < 4.78 is 0. The third-order valence-electron chi connectivity index (χ3n) is 2.13. The zero-order chi connectivity index (χ0) is 11.5. The fourth-order valence-electron chi connectivity index (χ4n) is 1.38. The van der Waals surface area contributed by atoms with Gasteiger partial charge in [0.15, 0.2) is 0 Å². The number of nitrogens with zero attached hydrogens (tertiary/aromatic N) is 4. The van der Waals surface area contributed by atoms with Crippen molar-refractivity contribution >= 4 is 23.0 Å². The molecule has 0 aromatic carbocycles. The highest BCUT2D eigenvalue weighted by Gasteiger charge is 2.06. The average Bonchev–Trinajstić information content (AvgIpc) is 2.64. The van der Waals surface area contributed by atoms with Gasteiger partial charge in [-0.15, -0.1) is 11.3 Å². The molecule has 0 radical (unpaired) electrons. The Bertz CT molecular complexity index is 482. The Hall–Kier alpha value is -1.69. The summed E-state index contributed by atoms with van der Waals surface area (Å²) in [6.07, 6.45) is 1.47. The predicted octanol–water partition coefficient (Wildman–Crippen LogP) is 1.46. The average molecular weight is 235 g/mol. The molecule has 2 aromatic rings. The smallest absolute Gasteiger partial charge is 0.134 e. The zero-order valence-corrected chi connectivity index (χ0v) is 10.0. The third-order valence-corrected chi connectivity index (χ3v) is 2.95. The van der Waals surface area contributed by atoms with Gasteiger partial charge >= 0.3 is 0 Å². The summed E-state index contributed by atoms with van der Waals surface area (Å²) in [5, 5.41) is 3.13. The van der Waals surface area contributed by atoms with E-state index in [4.69, 9.17) is 5.73 Å². The lowest BCUT2D eigenvalue weighted by atomic mass is 10.4. The van der Waals surface area contributed by atoms with Gasteiger partial charge in [0.05, 0.1) is 17.2 Å². The topological polar surface area (TPSA) is 67.9 Å². The Labute approximate surface area is 98.0 Å². The molecule has 0 unspecified atom stereocenters. The zero-order valence-electron chi connectivity index (χ0n) is 9.21. The first-order chi connectivity index (χ1) is 7.65. The van der Waals surface area contributed by atoms with Gasteiger partial charge in [0.1, 0.15) is 18.0 Å². The molecule has 6 heteroatoms. The highest BCUT2D eigenvalue weighted by molar-refractivity contribution is 7.09. The van der Waals surface area contributed by atoms with Crippen molar-refractivity contribution in [1.29, 1.82) is 0 Å². The molecular formula is C10H13N5S. The second-order valence-electron chi connectivity index (χ2n) is 3.51. The summed E-state index contributed by atoms with van der Waals surface area (Å²) in [7, 11) is 1.95. The molecule has 16 heavy (non-hydrogen) atoms. The van der Waals surface area contributed by atoms with Crippen molar-refractivity contribution in [2.45, 2.75) is 13.5 Å². The largest absolute Gasteiger partial charge is 0.384 e. The van der Waals surface area contributed by atoms with E-state index in [-0.39, 0.29) is 0 Å². The van der Waals surface area contributed by atoms with Gasteiger partial charge in [0.2, 0.25) is 0 Å². The summed E-state index contributed by atoms with van der Waals surface area (Å²) in [4.78, 5) is 14.4. The summed E-state index contributed by atoms with van der Waals surface area (Å²) in [6.45, 7) is 2.72. The van der Waals surface area contributed by atoms with Crippen molar-refractivity contribution in [1.82, 2.24) is 15.0 Å². The van der Waals surface area contributed by atoms with Gasteiger partial charge in [0, 0.05) is 18.5 Å². The van der Waals surface area contributed by atoms with Crippen LogP contribution >= 0.6 is 11.3 Å². The van der Waals surface area contributed by atoms with E-state index in [2.05, 4.69) is 20.3 Å². The Morgan fingerprint density at radius 3 is 2.88 bits per heavy atom. The number of aryl methyl sites for hydroxylation is 1. The van der Waals surface area contributed by atoms with Crippen LogP contribution in [0.3, 0.4) is 0 Å². The van der Waals surface area contributed by atoms with Crippen LogP contribution < -0.4 is 10.6 Å². The van der Waals surface area contributed by atoms with E-state index >= 15 is 0 Å². The standard InChI is InChI=1S/C10H13N5S/c1-7-14-8(5-16-7)4-15(2)10-3-9(11)12-6-13-10/h3,5-6H,4H2,1-2H3,(H2,11,12,13). The van der Waals surface area contributed by atoms with Crippen LogP contribution in [0.25, 0.3) is 0 Å². The van der Waals surface area contributed by atoms with Gasteiger partial charge in [-0.2, -0.15) is 0 Å². The van der Waals surface area contributed by atoms with Gasteiger partial charge in [0.25, 0.3) is 0 Å². The maximum absolute atomic E-state index is 5.60. The van der Waals surface area contributed by atoms with Crippen molar-refractivity contribution in [2.75, 3.05) is 17.7 Å². The molecule has 0 fully saturated rings. The van der Waals surface area contributed by atoms with E-state index in [0.717, 1.165) is 23.1 Å². The maximum atomic E-state index is 5.60. The fraction of sp³-hybridized carbons (Fsp3) is 0.300. The first kappa shape index (κ1) is 10.8. The SMILES string of the molecule is Cc1nc(CN(C)c2cc(N)ncn2)cs1. The van der Waals surface area contributed by atoms with E-state index in [0.29, 0.717) is 5.82 Å². The molecule has 0 saturated heterocycles. The fourth-order valence-corrected chi connectivity index (χ4v) is 1.98. The molecule has 0 amide bonds. The van der Waals surface area contributed by atoms with Crippen LogP contribution in [-0.2, 0) is 6.54 Å². The Morgan fingerprint density at radius 2 is 2.25 bits per heavy atom. The molecule has 2 heterocycles. The minimum absolute atomic E-state index is 0.478. The Kier molecular flexibility index (Phi) is 3.00. The monoisotopic (exact) mass is 235 g/mol. The van der Waals surface area contributed by atoms with Gasteiger partial charge in [-0.05, 0) is 6.92 Å². The van der Waals surface area contributed by atoms with Crippen molar-refractivity contribution in [3.63, 3.8) is 0 Å². The van der Waals surface area contributed by atoms with E-state index in [1.807, 2.05) is 18.9 Å². The molecule has 0 atom stereocenters. The lowest BCUT2D eigenvalue weighted by Crippen LogP contribution is -2.18. The third kappa shape index (κ3) is 2.46. The second-order valence-corrected chi connectivity index (χ2v) is 4.58. The lowest BCUT2D eigenvalue weighted by molar-refractivity contribution is 0.866. The van der Waals surface area contributed by atoms with Crippen molar-refractivity contribution in [3.8, 4) is 0 Å². The normalized spacial score (nSPS) is 10.4. The van der Waals surface area contributed by atoms with Crippen molar-refractivity contribution < 1.29 is 0 Å².